The van der Waals surface area contributed by atoms with Gasteiger partial charge in [-0.1, -0.05) is 42.5 Å². The summed E-state index contributed by atoms with van der Waals surface area (Å²) < 4.78 is 4.08. The van der Waals surface area contributed by atoms with Gasteiger partial charge in [0.05, 0.1) is 16.8 Å². The Bertz CT molecular complexity index is 1900. The maximum absolute atomic E-state index is 12.6. The molecule has 0 bridgehead atoms. The highest BCUT2D eigenvalue weighted by atomic mass is 16.6. The van der Waals surface area contributed by atoms with E-state index in [1.807, 2.05) is 42.6 Å². The number of amides is 1. The van der Waals surface area contributed by atoms with Crippen LogP contribution in [0.3, 0.4) is 0 Å². The second-order valence-corrected chi connectivity index (χ2v) is 9.21. The lowest BCUT2D eigenvalue weighted by molar-refractivity contribution is -0.384. The van der Waals surface area contributed by atoms with Gasteiger partial charge in [0.1, 0.15) is 5.69 Å². The third-order valence-corrected chi connectivity index (χ3v) is 6.84. The SMILES string of the molecule is CCn1c2ccccc2c2cc(-c3nn(-c4ccccc4)cc3C=NNC(=O)c3ccc([N+](=O)[O-])cc3)ccc21. The van der Waals surface area contributed by atoms with Crippen LogP contribution >= 0.6 is 0 Å². The highest BCUT2D eigenvalue weighted by molar-refractivity contribution is 6.09. The van der Waals surface area contributed by atoms with Gasteiger partial charge in [-0.3, -0.25) is 14.9 Å². The quantitative estimate of drug-likeness (QED) is 0.148. The number of hydrogen-bond donors (Lipinski definition) is 1. The van der Waals surface area contributed by atoms with Crippen molar-refractivity contribution in [3.05, 3.63) is 124 Å². The Balaban J connectivity index is 1.38. The maximum Gasteiger partial charge on any atom is 0.271 e. The highest BCUT2D eigenvalue weighted by Gasteiger charge is 2.15. The third kappa shape index (κ3) is 4.49. The van der Waals surface area contributed by atoms with Crippen molar-refractivity contribution < 1.29 is 9.72 Å². The molecule has 2 heterocycles. The molecule has 1 amide bonds. The van der Waals surface area contributed by atoms with Crippen LogP contribution in [0.15, 0.2) is 108 Å². The fourth-order valence-electron chi connectivity index (χ4n) is 4.92. The molecule has 0 radical (unpaired) electrons. The second-order valence-electron chi connectivity index (χ2n) is 9.21. The van der Waals surface area contributed by atoms with Crippen LogP contribution in [0, 0.1) is 10.1 Å². The molecule has 0 fully saturated rings. The summed E-state index contributed by atoms with van der Waals surface area (Å²) in [7, 11) is 0. The van der Waals surface area contributed by atoms with Gasteiger partial charge in [-0.2, -0.15) is 10.2 Å². The Morgan fingerprint density at radius 3 is 2.42 bits per heavy atom. The molecule has 0 spiro atoms. The summed E-state index contributed by atoms with van der Waals surface area (Å²) in [5.41, 5.74) is 8.26. The summed E-state index contributed by atoms with van der Waals surface area (Å²) in [5.74, 6) is -0.475. The monoisotopic (exact) mass is 528 g/mol. The van der Waals surface area contributed by atoms with Gasteiger partial charge in [0.25, 0.3) is 11.6 Å². The van der Waals surface area contributed by atoms with Gasteiger partial charge in [-0.25, -0.2) is 10.1 Å². The zero-order valence-electron chi connectivity index (χ0n) is 21.6. The van der Waals surface area contributed by atoms with E-state index in [1.165, 1.54) is 35.2 Å². The van der Waals surface area contributed by atoms with Crippen LogP contribution in [0.5, 0.6) is 0 Å². The highest BCUT2D eigenvalue weighted by Crippen LogP contribution is 2.33. The van der Waals surface area contributed by atoms with E-state index in [4.69, 9.17) is 5.10 Å². The lowest BCUT2D eigenvalue weighted by Crippen LogP contribution is -2.17. The van der Waals surface area contributed by atoms with Crippen molar-refractivity contribution >= 4 is 39.6 Å². The molecule has 0 aliphatic rings. The van der Waals surface area contributed by atoms with Crippen molar-refractivity contribution in [2.75, 3.05) is 0 Å². The average molecular weight is 529 g/mol. The number of nitro benzene ring substituents is 1. The Hall–Kier alpha value is -5.57. The van der Waals surface area contributed by atoms with E-state index < -0.39 is 10.8 Å². The summed E-state index contributed by atoms with van der Waals surface area (Å²) in [5, 5.41) is 22.3. The second kappa shape index (κ2) is 10.3. The molecule has 0 saturated heterocycles. The molecule has 0 saturated carbocycles. The summed E-state index contributed by atoms with van der Waals surface area (Å²) in [4.78, 5) is 23.0. The van der Waals surface area contributed by atoms with Gasteiger partial charge in [-0.05, 0) is 49.4 Å². The van der Waals surface area contributed by atoms with Crippen LogP contribution in [0.1, 0.15) is 22.8 Å². The van der Waals surface area contributed by atoms with Gasteiger partial charge in [0, 0.05) is 63.4 Å². The van der Waals surface area contributed by atoms with E-state index in [9.17, 15) is 14.9 Å². The first-order valence-electron chi connectivity index (χ1n) is 12.8. The first kappa shape index (κ1) is 24.7. The largest absolute Gasteiger partial charge is 0.341 e. The van der Waals surface area contributed by atoms with E-state index in [0.717, 1.165) is 28.7 Å². The molecule has 9 heteroatoms. The first-order valence-corrected chi connectivity index (χ1v) is 12.8. The van der Waals surface area contributed by atoms with Crippen LogP contribution in [0.2, 0.25) is 0 Å². The van der Waals surface area contributed by atoms with Crippen LogP contribution in [0.25, 0.3) is 38.8 Å². The van der Waals surface area contributed by atoms with E-state index in [-0.39, 0.29) is 11.3 Å². The number of aromatic nitrogens is 3. The number of benzene rings is 4. The Labute approximate surface area is 229 Å². The molecule has 0 atom stereocenters. The summed E-state index contributed by atoms with van der Waals surface area (Å²) in [6.45, 7) is 3.00. The molecule has 6 rings (SSSR count). The zero-order valence-corrected chi connectivity index (χ0v) is 21.6. The lowest BCUT2D eigenvalue weighted by atomic mass is 10.0. The molecular formula is C31H24N6O3. The van der Waals surface area contributed by atoms with Crippen molar-refractivity contribution in [3.63, 3.8) is 0 Å². The average Bonchev–Trinajstić information content (AvgIpc) is 3.56. The number of rotatable bonds is 7. The predicted molar refractivity (Wildman–Crippen MR) is 156 cm³/mol. The zero-order chi connectivity index (χ0) is 27.6. The van der Waals surface area contributed by atoms with E-state index >= 15 is 0 Å². The molecule has 1 N–H and O–H groups in total. The summed E-state index contributed by atoms with van der Waals surface area (Å²) >= 11 is 0. The minimum atomic E-state index is -0.511. The normalized spacial score (nSPS) is 11.4. The van der Waals surface area contributed by atoms with Gasteiger partial charge >= 0.3 is 0 Å². The van der Waals surface area contributed by atoms with Crippen LogP contribution in [0.4, 0.5) is 5.69 Å². The smallest absolute Gasteiger partial charge is 0.271 e. The molecular weight excluding hydrogens is 504 g/mol. The number of para-hydroxylation sites is 2. The number of hydrazone groups is 1. The van der Waals surface area contributed by atoms with Crippen LogP contribution < -0.4 is 5.43 Å². The molecule has 0 aliphatic carbocycles. The Morgan fingerprint density at radius 2 is 1.68 bits per heavy atom. The number of aryl methyl sites for hydroxylation is 1. The standard InChI is InChI=1S/C31H24N6O3/c1-2-35-28-11-7-6-10-26(28)27-18-22(14-17-29(27)35)30-23(20-36(34-30)24-8-4-3-5-9-24)19-32-33-31(38)21-12-15-25(16-13-21)37(39)40/h3-20H,2H2,1H3,(H,33,38). The molecule has 196 valence electrons. The number of carbonyl (C=O) groups is 1. The fourth-order valence-corrected chi connectivity index (χ4v) is 4.92. The molecule has 0 unspecified atom stereocenters. The summed E-state index contributed by atoms with van der Waals surface area (Å²) in [6.07, 6.45) is 3.43. The van der Waals surface area contributed by atoms with Crippen molar-refractivity contribution in [2.45, 2.75) is 13.5 Å². The van der Waals surface area contributed by atoms with Crippen LogP contribution in [-0.2, 0) is 6.54 Å². The first-order chi connectivity index (χ1) is 19.5. The number of nitro groups is 1. The Kier molecular flexibility index (Phi) is 6.37. The van der Waals surface area contributed by atoms with E-state index in [2.05, 4.69) is 58.4 Å². The van der Waals surface area contributed by atoms with Gasteiger partial charge in [0.2, 0.25) is 0 Å². The van der Waals surface area contributed by atoms with Crippen molar-refractivity contribution in [2.24, 2.45) is 5.10 Å². The minimum Gasteiger partial charge on any atom is -0.341 e. The van der Waals surface area contributed by atoms with Gasteiger partial charge in [0.15, 0.2) is 0 Å². The van der Waals surface area contributed by atoms with Gasteiger partial charge in [-0.15, -0.1) is 0 Å². The molecule has 2 aromatic heterocycles. The number of non-ortho nitro benzene ring substituents is 1. The predicted octanol–water partition coefficient (Wildman–Crippen LogP) is 6.34. The molecule has 9 nitrogen and oxygen atoms in total. The van der Waals surface area contributed by atoms with Crippen molar-refractivity contribution in [1.29, 1.82) is 0 Å². The van der Waals surface area contributed by atoms with E-state index in [1.54, 1.807) is 10.9 Å². The maximum atomic E-state index is 12.6. The lowest BCUT2D eigenvalue weighted by Gasteiger charge is -2.04. The summed E-state index contributed by atoms with van der Waals surface area (Å²) in [6, 6.07) is 29.8. The number of fused-ring (bicyclic) bond motifs is 3. The topological polar surface area (TPSA) is 107 Å². The molecule has 4 aromatic carbocycles. The third-order valence-electron chi connectivity index (χ3n) is 6.84. The van der Waals surface area contributed by atoms with Crippen molar-refractivity contribution in [1.82, 2.24) is 19.8 Å². The van der Waals surface area contributed by atoms with Gasteiger partial charge < -0.3 is 4.57 Å². The molecule has 40 heavy (non-hydrogen) atoms. The van der Waals surface area contributed by atoms with Crippen LogP contribution in [-0.4, -0.2) is 31.4 Å². The number of nitrogens with zero attached hydrogens (tertiary/aromatic N) is 5. The number of carbonyl (C=O) groups excluding carboxylic acids is 1. The number of hydrogen-bond acceptors (Lipinski definition) is 5. The minimum absolute atomic E-state index is 0.0861. The Morgan fingerprint density at radius 1 is 0.950 bits per heavy atom. The fraction of sp³-hybridized carbons (Fsp3) is 0.0645. The number of nitrogens with one attached hydrogen (secondary N) is 1. The molecule has 6 aromatic rings. The van der Waals surface area contributed by atoms with Crippen molar-refractivity contribution in [3.8, 4) is 16.9 Å². The van der Waals surface area contributed by atoms with E-state index in [0.29, 0.717) is 11.3 Å². The molecule has 0 aliphatic heterocycles.